The Hall–Kier alpha value is 0.690. The van der Waals surface area contributed by atoms with Crippen LogP contribution in [-0.2, 0) is 0 Å². The first-order chi connectivity index (χ1) is 5.63. The molecule has 2 fully saturated rings. The van der Waals surface area contributed by atoms with Gasteiger partial charge in [-0.05, 0) is 37.0 Å². The number of hydrogen-bond acceptors (Lipinski definition) is 1. The Morgan fingerprint density at radius 1 is 1.33 bits per heavy atom. The second kappa shape index (κ2) is 3.12. The highest BCUT2D eigenvalue weighted by molar-refractivity contribution is 14.1. The minimum atomic E-state index is 0.784. The fourth-order valence-corrected chi connectivity index (χ4v) is 4.00. The normalized spacial score (nSPS) is 34.5. The molecule has 0 amide bonds. The quantitative estimate of drug-likeness (QED) is 0.526. The lowest BCUT2D eigenvalue weighted by Gasteiger charge is -2.38. The van der Waals surface area contributed by atoms with Crippen molar-refractivity contribution in [3.05, 3.63) is 0 Å². The van der Waals surface area contributed by atoms with Crippen LogP contribution in [0.25, 0.3) is 0 Å². The molecule has 0 N–H and O–H groups in total. The Balaban J connectivity index is 1.95. The molecule has 2 heteroatoms. The summed E-state index contributed by atoms with van der Waals surface area (Å²) in [5.41, 5.74) is 0.784. The molecule has 1 saturated heterocycles. The smallest absolute Gasteiger partial charge is 0.0217 e. The lowest BCUT2D eigenvalue weighted by atomic mass is 9.87. The third-order valence-electron chi connectivity index (χ3n) is 3.54. The molecule has 12 heavy (non-hydrogen) atoms. The summed E-state index contributed by atoms with van der Waals surface area (Å²) >= 11 is 2.53. The summed E-state index contributed by atoms with van der Waals surface area (Å²) in [7, 11) is 0. The van der Waals surface area contributed by atoms with E-state index in [0.29, 0.717) is 0 Å². The maximum Gasteiger partial charge on any atom is 0.0217 e. The van der Waals surface area contributed by atoms with Crippen LogP contribution in [0.1, 0.15) is 39.5 Å². The van der Waals surface area contributed by atoms with E-state index >= 15 is 0 Å². The van der Waals surface area contributed by atoms with Crippen molar-refractivity contribution in [2.75, 3.05) is 6.54 Å². The predicted molar refractivity (Wildman–Crippen MR) is 60.3 cm³/mol. The number of halogens is 1. The van der Waals surface area contributed by atoms with E-state index in [1.165, 1.54) is 32.2 Å². The van der Waals surface area contributed by atoms with Crippen LogP contribution in [0.5, 0.6) is 0 Å². The fraction of sp³-hybridized carbons (Fsp3) is 1.00. The maximum atomic E-state index is 2.57. The number of piperidine rings is 1. The first kappa shape index (κ1) is 9.25. The maximum absolute atomic E-state index is 2.57. The minimum absolute atomic E-state index is 0.784. The van der Waals surface area contributed by atoms with Crippen molar-refractivity contribution in [2.45, 2.75) is 45.6 Å². The molecule has 70 valence electrons. The molecule has 1 aliphatic carbocycles. The summed E-state index contributed by atoms with van der Waals surface area (Å²) in [6.45, 7) is 6.05. The van der Waals surface area contributed by atoms with Crippen LogP contribution >= 0.6 is 22.9 Å². The lowest BCUT2D eigenvalue weighted by Crippen LogP contribution is -2.40. The van der Waals surface area contributed by atoms with Crippen molar-refractivity contribution < 1.29 is 0 Å². The molecule has 1 aliphatic heterocycles. The molecule has 0 radical (unpaired) electrons. The molecule has 1 nitrogen and oxygen atoms in total. The van der Waals surface area contributed by atoms with Gasteiger partial charge in [-0.15, -0.1) is 0 Å². The van der Waals surface area contributed by atoms with Crippen LogP contribution in [0, 0.1) is 11.3 Å². The topological polar surface area (TPSA) is 3.24 Å². The van der Waals surface area contributed by atoms with Crippen LogP contribution in [0.3, 0.4) is 0 Å². The average Bonchev–Trinajstić information content (AvgIpc) is 2.68. The average molecular weight is 279 g/mol. The highest BCUT2D eigenvalue weighted by Crippen LogP contribution is 2.54. The molecule has 2 aliphatic rings. The molecule has 0 aromatic heterocycles. The molecule has 1 atom stereocenters. The summed E-state index contributed by atoms with van der Waals surface area (Å²) in [6.07, 6.45) is 5.92. The van der Waals surface area contributed by atoms with Gasteiger partial charge >= 0.3 is 0 Å². The van der Waals surface area contributed by atoms with Crippen molar-refractivity contribution in [1.29, 1.82) is 0 Å². The van der Waals surface area contributed by atoms with Crippen molar-refractivity contribution in [1.82, 2.24) is 3.11 Å². The summed E-state index contributed by atoms with van der Waals surface area (Å²) < 4.78 is 2.57. The van der Waals surface area contributed by atoms with Gasteiger partial charge in [0.1, 0.15) is 0 Å². The molecule has 0 aromatic rings. The summed E-state index contributed by atoms with van der Waals surface area (Å²) in [4.78, 5) is 0. The molecule has 0 aromatic carbocycles. The van der Waals surface area contributed by atoms with E-state index in [1.807, 2.05) is 0 Å². The number of rotatable bonds is 1. The van der Waals surface area contributed by atoms with Gasteiger partial charge in [-0.2, -0.15) is 0 Å². The SMILES string of the molecule is CC(C)[C@H]1CCC2(CC2)CN1I. The van der Waals surface area contributed by atoms with Gasteiger partial charge in [0.05, 0.1) is 0 Å². The molecule has 0 unspecified atom stereocenters. The number of hydrogen-bond donors (Lipinski definition) is 0. The van der Waals surface area contributed by atoms with Gasteiger partial charge in [-0.25, -0.2) is 3.11 Å². The predicted octanol–water partition coefficient (Wildman–Crippen LogP) is 3.24. The van der Waals surface area contributed by atoms with Crippen molar-refractivity contribution >= 4 is 22.9 Å². The van der Waals surface area contributed by atoms with Gasteiger partial charge in [-0.3, -0.25) is 0 Å². The zero-order chi connectivity index (χ0) is 8.77. The Morgan fingerprint density at radius 2 is 2.00 bits per heavy atom. The lowest BCUT2D eigenvalue weighted by molar-refractivity contribution is 0.176. The van der Waals surface area contributed by atoms with Crippen LogP contribution in [0.2, 0.25) is 0 Å². The Labute approximate surface area is 89.4 Å². The van der Waals surface area contributed by atoms with Gasteiger partial charge in [0.15, 0.2) is 0 Å². The zero-order valence-electron chi connectivity index (χ0n) is 8.02. The molecule has 2 rings (SSSR count). The first-order valence-corrected chi connectivity index (χ1v) is 6.02. The molecule has 1 spiro atoms. The van der Waals surface area contributed by atoms with Crippen molar-refractivity contribution in [2.24, 2.45) is 11.3 Å². The van der Waals surface area contributed by atoms with Crippen molar-refractivity contribution in [3.8, 4) is 0 Å². The molecule has 0 bridgehead atoms. The van der Waals surface area contributed by atoms with Crippen molar-refractivity contribution in [3.63, 3.8) is 0 Å². The molecule has 1 saturated carbocycles. The Morgan fingerprint density at radius 3 is 2.42 bits per heavy atom. The monoisotopic (exact) mass is 279 g/mol. The second-order valence-corrected chi connectivity index (χ2v) is 6.15. The van der Waals surface area contributed by atoms with Crippen LogP contribution < -0.4 is 0 Å². The van der Waals surface area contributed by atoms with E-state index in [1.54, 1.807) is 0 Å². The fourth-order valence-electron chi connectivity index (χ4n) is 2.35. The van der Waals surface area contributed by atoms with Gasteiger partial charge in [0.2, 0.25) is 0 Å². The van der Waals surface area contributed by atoms with Crippen LogP contribution in [0.4, 0.5) is 0 Å². The van der Waals surface area contributed by atoms with Gasteiger partial charge in [0.25, 0.3) is 0 Å². The highest BCUT2D eigenvalue weighted by Gasteiger charge is 2.47. The summed E-state index contributed by atoms with van der Waals surface area (Å²) in [5.74, 6) is 0.831. The zero-order valence-corrected chi connectivity index (χ0v) is 10.2. The van der Waals surface area contributed by atoms with E-state index < -0.39 is 0 Å². The summed E-state index contributed by atoms with van der Waals surface area (Å²) in [6, 6.07) is 0.844. The van der Waals surface area contributed by atoms with E-state index in [-0.39, 0.29) is 0 Å². The van der Waals surface area contributed by atoms with Gasteiger partial charge in [0, 0.05) is 35.5 Å². The van der Waals surface area contributed by atoms with E-state index in [9.17, 15) is 0 Å². The third kappa shape index (κ3) is 1.65. The molecular weight excluding hydrogens is 261 g/mol. The van der Waals surface area contributed by atoms with Gasteiger partial charge in [-0.1, -0.05) is 13.8 Å². The van der Waals surface area contributed by atoms with E-state index in [4.69, 9.17) is 0 Å². The Bertz CT molecular complexity index is 175. The Kier molecular flexibility index (Phi) is 2.41. The first-order valence-electron chi connectivity index (χ1n) is 5.05. The third-order valence-corrected chi connectivity index (χ3v) is 4.60. The molecular formula is C10H18IN. The summed E-state index contributed by atoms with van der Waals surface area (Å²) in [5, 5.41) is 0. The number of nitrogens with zero attached hydrogens (tertiary/aromatic N) is 1. The van der Waals surface area contributed by atoms with Crippen LogP contribution in [0.15, 0.2) is 0 Å². The van der Waals surface area contributed by atoms with E-state index in [2.05, 4.69) is 39.8 Å². The largest absolute Gasteiger partial charge is 0.244 e. The van der Waals surface area contributed by atoms with Crippen LogP contribution in [-0.4, -0.2) is 15.7 Å². The van der Waals surface area contributed by atoms with Gasteiger partial charge < -0.3 is 0 Å². The second-order valence-electron chi connectivity index (χ2n) is 4.91. The minimum Gasteiger partial charge on any atom is -0.244 e. The standard InChI is InChI=1S/C10H18IN/c1-8(2)9-3-4-10(5-6-10)7-12(9)11/h8-9H,3-7H2,1-2H3/t9-/m1/s1. The van der Waals surface area contributed by atoms with E-state index in [0.717, 1.165) is 17.4 Å². The molecule has 1 heterocycles. The highest BCUT2D eigenvalue weighted by atomic mass is 127.